The van der Waals surface area contributed by atoms with Crippen molar-refractivity contribution in [1.82, 2.24) is 0 Å². The van der Waals surface area contributed by atoms with Crippen LogP contribution in [0.25, 0.3) is 0 Å². The Morgan fingerprint density at radius 1 is 0.750 bits per heavy atom. The van der Waals surface area contributed by atoms with Crippen LogP contribution >= 0.6 is 0 Å². The molecule has 4 heavy (non-hydrogen) atoms. The van der Waals surface area contributed by atoms with Gasteiger partial charge in [-0.1, -0.05) is 0 Å². The fourth-order valence-corrected chi connectivity index (χ4v) is 0. The zero-order chi connectivity index (χ0) is 0. The molecule has 0 aliphatic heterocycles. The molecule has 0 radical (unpaired) electrons. The molecule has 0 bridgehead atoms. The van der Waals surface area contributed by atoms with E-state index in [0.29, 0.717) is 0 Å². The van der Waals surface area contributed by atoms with Gasteiger partial charge in [0, 0.05) is 0 Å². The van der Waals surface area contributed by atoms with Crippen LogP contribution in [-0.4, -0.2) is 11.0 Å². The molecule has 4 heteroatoms. The van der Waals surface area contributed by atoms with Gasteiger partial charge in [0.15, 0.2) is 0 Å². The van der Waals surface area contributed by atoms with Crippen molar-refractivity contribution in [3.8, 4) is 0 Å². The van der Waals surface area contributed by atoms with E-state index in [4.69, 9.17) is 0 Å². The summed E-state index contributed by atoms with van der Waals surface area (Å²) >= 11 is 0. The van der Waals surface area contributed by atoms with E-state index < -0.39 is 0 Å². The monoisotopic (exact) mass is 116 g/mol. The van der Waals surface area contributed by atoms with Gasteiger partial charge in [0.05, 0.1) is 0 Å². The van der Waals surface area contributed by atoms with Crippen molar-refractivity contribution in [2.24, 2.45) is 0 Å². The van der Waals surface area contributed by atoms with Crippen molar-refractivity contribution in [2.45, 2.75) is 0 Å². The van der Waals surface area contributed by atoms with E-state index in [0.717, 1.165) is 0 Å². The normalized spacial score (nSPS) is 0. The van der Waals surface area contributed by atoms with E-state index in [1.807, 2.05) is 0 Å². The molecule has 0 aromatic carbocycles. The van der Waals surface area contributed by atoms with E-state index in [1.54, 1.807) is 0 Å². The van der Waals surface area contributed by atoms with Crippen molar-refractivity contribution >= 4 is 0 Å². The third-order valence-electron chi connectivity index (χ3n) is 0. The van der Waals surface area contributed by atoms with E-state index in [9.17, 15) is 0 Å². The predicted octanol–water partition coefficient (Wildman–Crippen LogP) is -1.77. The summed E-state index contributed by atoms with van der Waals surface area (Å²) in [5.74, 6) is 0. The fourth-order valence-electron chi connectivity index (χ4n) is 0. The second-order valence-electron chi connectivity index (χ2n) is 0. The molecule has 0 spiro atoms. The SMILES string of the molecule is O.O.[O-2].[Zn+2]. The summed E-state index contributed by atoms with van der Waals surface area (Å²) in [5, 5.41) is 0. The van der Waals surface area contributed by atoms with Gasteiger partial charge in [0.1, 0.15) is 0 Å². The maximum Gasteiger partial charge on any atom is 2.00 e. The van der Waals surface area contributed by atoms with Crippen LogP contribution in [-0.2, 0) is 25.0 Å². The van der Waals surface area contributed by atoms with E-state index in [2.05, 4.69) is 0 Å². The first-order chi connectivity index (χ1) is 0. The van der Waals surface area contributed by atoms with Crippen molar-refractivity contribution in [3.63, 3.8) is 0 Å². The first-order valence-corrected chi connectivity index (χ1v) is 0. The van der Waals surface area contributed by atoms with Gasteiger partial charge in [-0.15, -0.1) is 0 Å². The largest absolute Gasteiger partial charge is 2.00 e. The van der Waals surface area contributed by atoms with Crippen molar-refractivity contribution < 1.29 is 35.9 Å². The average Bonchev–Trinajstić information content (AvgIpc) is 0. The van der Waals surface area contributed by atoms with Crippen LogP contribution < -0.4 is 0 Å². The van der Waals surface area contributed by atoms with Gasteiger partial charge in [0.2, 0.25) is 0 Å². The van der Waals surface area contributed by atoms with Crippen LogP contribution in [0, 0.1) is 0 Å². The van der Waals surface area contributed by atoms with Crippen LogP contribution in [0.3, 0.4) is 0 Å². The van der Waals surface area contributed by atoms with Gasteiger partial charge < -0.3 is 16.4 Å². The van der Waals surface area contributed by atoms with Crippen LogP contribution in [0.5, 0.6) is 0 Å². The van der Waals surface area contributed by atoms with Crippen LogP contribution in [0.1, 0.15) is 0 Å². The minimum absolute atomic E-state index is 0. The van der Waals surface area contributed by atoms with Crippen molar-refractivity contribution in [2.75, 3.05) is 0 Å². The third kappa shape index (κ3) is 22.3. The van der Waals surface area contributed by atoms with Crippen molar-refractivity contribution in [3.05, 3.63) is 0 Å². The zero-order valence-corrected chi connectivity index (χ0v) is 5.08. The van der Waals surface area contributed by atoms with Crippen molar-refractivity contribution in [1.29, 1.82) is 0 Å². The van der Waals surface area contributed by atoms with Gasteiger partial charge in [-0.3, -0.25) is 0 Å². The molecular weight excluding hydrogens is 113 g/mol. The zero-order valence-electron chi connectivity index (χ0n) is 2.12. The minimum atomic E-state index is 0. The molecule has 0 aliphatic carbocycles. The quantitative estimate of drug-likeness (QED) is 0.336. The molecule has 0 aromatic heterocycles. The Labute approximate surface area is 36.7 Å². The topological polar surface area (TPSA) is 91.5 Å². The summed E-state index contributed by atoms with van der Waals surface area (Å²) in [6, 6.07) is 0. The van der Waals surface area contributed by atoms with Gasteiger partial charge in [-0.2, -0.15) is 0 Å². The maximum absolute atomic E-state index is 0. The Balaban J connectivity index is 0. The van der Waals surface area contributed by atoms with E-state index in [1.165, 1.54) is 0 Å². The number of hydrogen-bond donors (Lipinski definition) is 0. The van der Waals surface area contributed by atoms with Gasteiger partial charge in [-0.25, -0.2) is 0 Å². The first-order valence-electron chi connectivity index (χ1n) is 0. The summed E-state index contributed by atoms with van der Waals surface area (Å²) in [7, 11) is 0. The molecule has 0 saturated heterocycles. The minimum Gasteiger partial charge on any atom is -2.00 e. The Morgan fingerprint density at radius 2 is 0.750 bits per heavy atom. The second-order valence-corrected chi connectivity index (χ2v) is 0. The number of rotatable bonds is 0. The molecule has 0 rings (SSSR count). The molecule has 0 aromatic rings. The molecule has 0 amide bonds. The van der Waals surface area contributed by atoms with E-state index in [-0.39, 0.29) is 35.9 Å². The smallest absolute Gasteiger partial charge is 2.00 e. The molecule has 3 nitrogen and oxygen atoms in total. The summed E-state index contributed by atoms with van der Waals surface area (Å²) < 4.78 is 0. The fraction of sp³-hybridized carbons (Fsp3) is 0. The molecule has 0 atom stereocenters. The Morgan fingerprint density at radius 3 is 0.750 bits per heavy atom. The molecule has 0 heterocycles. The Bertz CT molecular complexity index is 3.25. The summed E-state index contributed by atoms with van der Waals surface area (Å²) in [6.07, 6.45) is 0. The van der Waals surface area contributed by atoms with Crippen LogP contribution in [0.2, 0.25) is 0 Å². The molecule has 0 aliphatic rings. The van der Waals surface area contributed by atoms with Gasteiger partial charge in [0.25, 0.3) is 0 Å². The van der Waals surface area contributed by atoms with Gasteiger partial charge >= 0.3 is 19.5 Å². The van der Waals surface area contributed by atoms with Crippen LogP contribution in [0.4, 0.5) is 0 Å². The number of hydrogen-bond acceptors (Lipinski definition) is 0. The molecule has 0 unspecified atom stereocenters. The van der Waals surface area contributed by atoms with Gasteiger partial charge in [-0.05, 0) is 0 Å². The standard InChI is InChI=1S/2H2O.O.Zn/h2*1H2;;/q;;-2;+2. The maximum atomic E-state index is 0. The average molecular weight is 117 g/mol. The van der Waals surface area contributed by atoms with E-state index >= 15 is 0 Å². The molecule has 4 N–H and O–H groups in total. The first kappa shape index (κ1) is 218. The Hall–Kier alpha value is 0.503. The summed E-state index contributed by atoms with van der Waals surface area (Å²) in [4.78, 5) is 0. The summed E-state index contributed by atoms with van der Waals surface area (Å²) in [6.45, 7) is 0. The Kier molecular flexibility index (Phi) is 4730. The molecular formula is H4O3Zn. The second kappa shape index (κ2) is 86.6. The van der Waals surface area contributed by atoms with Crippen LogP contribution in [0.15, 0.2) is 0 Å². The summed E-state index contributed by atoms with van der Waals surface area (Å²) in [5.41, 5.74) is 0. The molecule has 0 fully saturated rings. The third-order valence-corrected chi connectivity index (χ3v) is 0. The molecule has 24 valence electrons. The molecule has 0 saturated carbocycles. The predicted molar refractivity (Wildman–Crippen MR) is 7.91 cm³/mol.